The van der Waals surface area contributed by atoms with Crippen LogP contribution in [0.3, 0.4) is 0 Å². The molecule has 0 radical (unpaired) electrons. The van der Waals surface area contributed by atoms with Crippen LogP contribution in [0.5, 0.6) is 5.75 Å². The largest absolute Gasteiger partial charge is 0.495 e. The highest BCUT2D eigenvalue weighted by atomic mass is 35.5. The molecule has 6 heteroatoms. The Labute approximate surface area is 152 Å². The fourth-order valence-electron chi connectivity index (χ4n) is 2.43. The topological polar surface area (TPSA) is 50.4 Å². The van der Waals surface area contributed by atoms with Crippen molar-refractivity contribution in [1.29, 1.82) is 0 Å². The predicted octanol–water partition coefficient (Wildman–Crippen LogP) is 5.06. The molecule has 0 spiro atoms. The number of carbonyl (C=O) groups is 1. The molecule has 0 atom stereocenters. The summed E-state index contributed by atoms with van der Waals surface area (Å²) < 4.78 is 5.21. The molecule has 0 aliphatic heterocycles. The first-order chi connectivity index (χ1) is 11.4. The maximum Gasteiger partial charge on any atom is 0.226 e. The zero-order valence-corrected chi connectivity index (χ0v) is 15.4. The Morgan fingerprint density at radius 2 is 1.92 bits per heavy atom. The number of aryl methyl sites for hydroxylation is 2. The minimum absolute atomic E-state index is 0.135. The summed E-state index contributed by atoms with van der Waals surface area (Å²) in [7, 11) is 1.54. The van der Waals surface area contributed by atoms with Crippen LogP contribution in [-0.4, -0.2) is 19.6 Å². The van der Waals surface area contributed by atoms with Crippen LogP contribution in [0.15, 0.2) is 30.3 Å². The predicted molar refractivity (Wildman–Crippen MR) is 101 cm³/mol. The highest BCUT2D eigenvalue weighted by Crippen LogP contribution is 2.28. The van der Waals surface area contributed by atoms with E-state index in [-0.39, 0.29) is 5.91 Å². The van der Waals surface area contributed by atoms with Crippen molar-refractivity contribution in [2.45, 2.75) is 20.3 Å². The summed E-state index contributed by atoms with van der Waals surface area (Å²) in [4.78, 5) is 12.1. The van der Waals surface area contributed by atoms with E-state index in [4.69, 9.17) is 27.9 Å². The number of carbonyl (C=O) groups excluding carboxylic acids is 1. The quantitative estimate of drug-likeness (QED) is 0.750. The molecule has 0 saturated heterocycles. The molecule has 2 rings (SSSR count). The summed E-state index contributed by atoms with van der Waals surface area (Å²) in [6.07, 6.45) is 0.291. The Bertz CT molecular complexity index is 725. The third-order valence-corrected chi connectivity index (χ3v) is 4.05. The molecule has 0 heterocycles. The van der Waals surface area contributed by atoms with Gasteiger partial charge in [-0.3, -0.25) is 4.79 Å². The van der Waals surface area contributed by atoms with Crippen molar-refractivity contribution < 1.29 is 9.53 Å². The van der Waals surface area contributed by atoms with Crippen molar-refractivity contribution in [2.24, 2.45) is 0 Å². The molecule has 2 N–H and O–H groups in total. The second kappa shape index (κ2) is 8.27. The number of hydrogen-bond donors (Lipinski definition) is 2. The Hall–Kier alpha value is -1.91. The van der Waals surface area contributed by atoms with Gasteiger partial charge in [-0.25, -0.2) is 0 Å². The van der Waals surface area contributed by atoms with Gasteiger partial charge < -0.3 is 15.4 Å². The fourth-order valence-corrected chi connectivity index (χ4v) is 2.99. The van der Waals surface area contributed by atoms with Crippen molar-refractivity contribution in [3.63, 3.8) is 0 Å². The van der Waals surface area contributed by atoms with Gasteiger partial charge in [-0.15, -0.1) is 0 Å². The number of nitrogens with one attached hydrogen (secondary N) is 2. The van der Waals surface area contributed by atoms with E-state index in [2.05, 4.69) is 10.6 Å². The van der Waals surface area contributed by atoms with Crippen molar-refractivity contribution in [3.05, 3.63) is 51.5 Å². The number of rotatable bonds is 6. The van der Waals surface area contributed by atoms with Crippen LogP contribution in [0, 0.1) is 13.8 Å². The molecular weight excluding hydrogens is 347 g/mol. The molecule has 1 amide bonds. The van der Waals surface area contributed by atoms with Crippen LogP contribution < -0.4 is 15.4 Å². The number of ether oxygens (including phenoxy) is 1. The van der Waals surface area contributed by atoms with Gasteiger partial charge in [0.2, 0.25) is 5.91 Å². The van der Waals surface area contributed by atoms with Gasteiger partial charge in [0.25, 0.3) is 0 Å². The fraction of sp³-hybridized carbons (Fsp3) is 0.278. The number of methoxy groups -OCH3 is 1. The molecule has 2 aromatic carbocycles. The second-order valence-corrected chi connectivity index (χ2v) is 6.35. The van der Waals surface area contributed by atoms with Crippen LogP contribution in [0.4, 0.5) is 11.4 Å². The highest BCUT2D eigenvalue weighted by molar-refractivity contribution is 6.33. The van der Waals surface area contributed by atoms with E-state index in [1.165, 1.54) is 0 Å². The Balaban J connectivity index is 1.94. The smallest absolute Gasteiger partial charge is 0.226 e. The second-order valence-electron chi connectivity index (χ2n) is 5.51. The van der Waals surface area contributed by atoms with E-state index in [0.717, 1.165) is 16.8 Å². The zero-order chi connectivity index (χ0) is 17.7. The normalized spacial score (nSPS) is 10.4. The SMILES string of the molecule is COc1ccc(Cl)cc1NC(=O)CCNc1c(C)cc(C)cc1Cl. The van der Waals surface area contributed by atoms with Gasteiger partial charge in [0, 0.05) is 18.0 Å². The van der Waals surface area contributed by atoms with E-state index >= 15 is 0 Å². The summed E-state index contributed by atoms with van der Waals surface area (Å²) in [6.45, 7) is 4.45. The molecule has 24 heavy (non-hydrogen) atoms. The molecule has 0 fully saturated rings. The van der Waals surface area contributed by atoms with Crippen molar-refractivity contribution in [1.82, 2.24) is 0 Å². The standard InChI is InChI=1S/C18H20Cl2N2O2/c1-11-8-12(2)18(14(20)9-11)21-7-6-17(23)22-15-10-13(19)4-5-16(15)24-3/h4-5,8-10,21H,6-7H2,1-3H3,(H,22,23). The third-order valence-electron chi connectivity index (χ3n) is 3.52. The average molecular weight is 367 g/mol. The lowest BCUT2D eigenvalue weighted by molar-refractivity contribution is -0.116. The molecule has 0 bridgehead atoms. The molecule has 128 valence electrons. The van der Waals surface area contributed by atoms with Gasteiger partial charge in [-0.2, -0.15) is 0 Å². The van der Waals surface area contributed by atoms with Crippen molar-refractivity contribution in [2.75, 3.05) is 24.3 Å². The van der Waals surface area contributed by atoms with Crippen molar-refractivity contribution in [3.8, 4) is 5.75 Å². The summed E-state index contributed by atoms with van der Waals surface area (Å²) in [5.41, 5.74) is 3.57. The maximum atomic E-state index is 12.1. The van der Waals surface area contributed by atoms with Gasteiger partial charge in [0.15, 0.2) is 0 Å². The number of amides is 1. The van der Waals surface area contributed by atoms with E-state index in [0.29, 0.717) is 34.4 Å². The minimum atomic E-state index is -0.135. The van der Waals surface area contributed by atoms with E-state index in [1.807, 2.05) is 26.0 Å². The molecule has 0 saturated carbocycles. The lowest BCUT2D eigenvalue weighted by Crippen LogP contribution is -2.17. The number of anilines is 2. The molecule has 2 aromatic rings. The lowest BCUT2D eigenvalue weighted by Gasteiger charge is -2.13. The summed E-state index contributed by atoms with van der Waals surface area (Å²) in [6, 6.07) is 9.02. The average Bonchev–Trinajstić information content (AvgIpc) is 2.50. The monoisotopic (exact) mass is 366 g/mol. The third kappa shape index (κ3) is 4.79. The minimum Gasteiger partial charge on any atom is -0.495 e. The number of halogens is 2. The zero-order valence-electron chi connectivity index (χ0n) is 13.9. The molecule has 0 aliphatic rings. The highest BCUT2D eigenvalue weighted by Gasteiger charge is 2.09. The first kappa shape index (κ1) is 18.4. The van der Waals surface area contributed by atoms with Crippen LogP contribution in [-0.2, 0) is 4.79 Å². The summed E-state index contributed by atoms with van der Waals surface area (Å²) in [5.74, 6) is 0.432. The van der Waals surface area contributed by atoms with E-state index in [9.17, 15) is 4.79 Å². The Kier molecular flexibility index (Phi) is 6.35. The van der Waals surface area contributed by atoms with Crippen LogP contribution in [0.1, 0.15) is 17.5 Å². The summed E-state index contributed by atoms with van der Waals surface area (Å²) >= 11 is 12.2. The lowest BCUT2D eigenvalue weighted by atomic mass is 10.1. The Morgan fingerprint density at radius 1 is 1.17 bits per heavy atom. The Morgan fingerprint density at radius 3 is 2.58 bits per heavy atom. The van der Waals surface area contributed by atoms with E-state index < -0.39 is 0 Å². The molecule has 0 aliphatic carbocycles. The van der Waals surface area contributed by atoms with Gasteiger partial charge in [-0.05, 0) is 49.2 Å². The molecule has 0 aromatic heterocycles. The van der Waals surface area contributed by atoms with Crippen molar-refractivity contribution >= 4 is 40.5 Å². The van der Waals surface area contributed by atoms with Crippen LogP contribution in [0.2, 0.25) is 10.0 Å². The van der Waals surface area contributed by atoms with Crippen LogP contribution >= 0.6 is 23.2 Å². The van der Waals surface area contributed by atoms with Gasteiger partial charge in [0.1, 0.15) is 5.75 Å². The molecule has 0 unspecified atom stereocenters. The maximum absolute atomic E-state index is 12.1. The first-order valence-electron chi connectivity index (χ1n) is 7.54. The number of hydrogen-bond acceptors (Lipinski definition) is 3. The van der Waals surface area contributed by atoms with Gasteiger partial charge in [0.05, 0.1) is 23.5 Å². The van der Waals surface area contributed by atoms with E-state index in [1.54, 1.807) is 25.3 Å². The summed E-state index contributed by atoms with van der Waals surface area (Å²) in [5, 5.41) is 7.21. The van der Waals surface area contributed by atoms with Crippen LogP contribution in [0.25, 0.3) is 0 Å². The first-order valence-corrected chi connectivity index (χ1v) is 8.30. The van der Waals surface area contributed by atoms with Gasteiger partial charge in [-0.1, -0.05) is 29.3 Å². The molecular formula is C18H20Cl2N2O2. The van der Waals surface area contributed by atoms with Gasteiger partial charge >= 0.3 is 0 Å². The molecule has 4 nitrogen and oxygen atoms in total. The number of benzene rings is 2.